The number of rotatable bonds is 1. The van der Waals surface area contributed by atoms with Crippen LogP contribution in [0.5, 0.6) is 0 Å². The van der Waals surface area contributed by atoms with Gasteiger partial charge in [0.25, 0.3) is 0 Å². The molecule has 0 aliphatic rings. The third kappa shape index (κ3) is 3.01. The van der Waals surface area contributed by atoms with Crippen molar-refractivity contribution in [3.05, 3.63) is 27.8 Å². The van der Waals surface area contributed by atoms with Crippen molar-refractivity contribution in [1.82, 2.24) is 0 Å². The van der Waals surface area contributed by atoms with E-state index in [1.807, 2.05) is 47.6 Å². The molecule has 0 heterocycles. The zero-order valence-corrected chi connectivity index (χ0v) is 12.1. The van der Waals surface area contributed by atoms with E-state index < -0.39 is 5.41 Å². The Morgan fingerprint density at radius 1 is 1.18 bits per heavy atom. The number of benzene rings is 1. The molecule has 0 fully saturated rings. The number of anilines is 1. The first kappa shape index (κ1) is 14.0. The molecule has 0 spiro atoms. The summed E-state index contributed by atoms with van der Waals surface area (Å²) in [6.45, 7) is 11.6. The van der Waals surface area contributed by atoms with Crippen molar-refractivity contribution in [2.24, 2.45) is 5.41 Å². The lowest BCUT2D eigenvalue weighted by Gasteiger charge is -2.20. The molecule has 94 valence electrons. The summed E-state index contributed by atoms with van der Waals surface area (Å²) in [5.41, 5.74) is 3.49. The van der Waals surface area contributed by atoms with E-state index in [1.165, 1.54) is 0 Å². The Balaban J connectivity index is 3.13. The third-order valence-electron chi connectivity index (χ3n) is 2.93. The van der Waals surface area contributed by atoms with Crippen LogP contribution in [-0.2, 0) is 4.79 Å². The highest BCUT2D eigenvalue weighted by Gasteiger charge is 2.22. The highest BCUT2D eigenvalue weighted by atomic mass is 35.5. The summed E-state index contributed by atoms with van der Waals surface area (Å²) in [6.07, 6.45) is 0. The van der Waals surface area contributed by atoms with Crippen molar-refractivity contribution >= 4 is 23.2 Å². The number of halogens is 1. The molecule has 0 radical (unpaired) electrons. The maximum atomic E-state index is 11.9. The number of carbonyl (C=O) groups is 1. The second kappa shape index (κ2) is 4.69. The molecule has 1 aromatic carbocycles. The minimum absolute atomic E-state index is 0.0155. The SMILES string of the molecule is Cc1cc(NC(=O)C(C)(C)C)c(C)c(C)c1Cl. The summed E-state index contributed by atoms with van der Waals surface area (Å²) in [5.74, 6) is 0.0155. The molecule has 17 heavy (non-hydrogen) atoms. The zero-order chi connectivity index (χ0) is 13.4. The van der Waals surface area contributed by atoms with Gasteiger partial charge in [0.2, 0.25) is 5.91 Å². The summed E-state index contributed by atoms with van der Waals surface area (Å²) >= 11 is 6.17. The summed E-state index contributed by atoms with van der Waals surface area (Å²) < 4.78 is 0. The monoisotopic (exact) mass is 253 g/mol. The number of nitrogens with one attached hydrogen (secondary N) is 1. The Morgan fingerprint density at radius 2 is 1.71 bits per heavy atom. The van der Waals surface area contributed by atoms with Gasteiger partial charge in [-0.3, -0.25) is 4.79 Å². The summed E-state index contributed by atoms with van der Waals surface area (Å²) in [6, 6.07) is 1.92. The molecule has 0 atom stereocenters. The first-order chi connectivity index (χ1) is 7.64. The second-order valence-corrected chi connectivity index (χ2v) is 5.89. The summed E-state index contributed by atoms with van der Waals surface area (Å²) in [5, 5.41) is 3.74. The number of carbonyl (C=O) groups excluding carboxylic acids is 1. The minimum atomic E-state index is -0.395. The van der Waals surface area contributed by atoms with Crippen LogP contribution in [0.3, 0.4) is 0 Å². The Hall–Kier alpha value is -1.02. The van der Waals surface area contributed by atoms with Gasteiger partial charge in [-0.25, -0.2) is 0 Å². The van der Waals surface area contributed by atoms with Crippen molar-refractivity contribution in [2.75, 3.05) is 5.32 Å². The van der Waals surface area contributed by atoms with Gasteiger partial charge in [-0.05, 0) is 43.5 Å². The molecule has 0 saturated heterocycles. The Kier molecular flexibility index (Phi) is 3.88. The van der Waals surface area contributed by atoms with Crippen LogP contribution in [0.1, 0.15) is 37.5 Å². The lowest BCUT2D eigenvalue weighted by molar-refractivity contribution is -0.123. The van der Waals surface area contributed by atoms with Crippen molar-refractivity contribution in [3.8, 4) is 0 Å². The molecule has 0 aliphatic carbocycles. The quantitative estimate of drug-likeness (QED) is 0.797. The fourth-order valence-electron chi connectivity index (χ4n) is 1.49. The predicted octanol–water partition coefficient (Wildman–Crippen LogP) is 4.25. The van der Waals surface area contributed by atoms with E-state index in [-0.39, 0.29) is 5.91 Å². The largest absolute Gasteiger partial charge is 0.325 e. The van der Waals surface area contributed by atoms with Crippen molar-refractivity contribution < 1.29 is 4.79 Å². The van der Waals surface area contributed by atoms with Crippen LogP contribution in [0.2, 0.25) is 5.02 Å². The number of hydrogen-bond acceptors (Lipinski definition) is 1. The number of hydrogen-bond donors (Lipinski definition) is 1. The van der Waals surface area contributed by atoms with Gasteiger partial charge < -0.3 is 5.32 Å². The molecule has 1 N–H and O–H groups in total. The van der Waals surface area contributed by atoms with Gasteiger partial charge in [0.05, 0.1) is 0 Å². The fraction of sp³-hybridized carbons (Fsp3) is 0.500. The molecule has 1 amide bonds. The molecule has 0 unspecified atom stereocenters. The normalized spacial score (nSPS) is 11.5. The standard InChI is InChI=1S/C14H20ClNO/c1-8-7-11(9(2)10(3)12(8)15)16-13(17)14(4,5)6/h7H,1-6H3,(H,16,17). The first-order valence-corrected chi connectivity index (χ1v) is 6.10. The third-order valence-corrected chi connectivity index (χ3v) is 3.51. The van der Waals surface area contributed by atoms with Gasteiger partial charge in [0.15, 0.2) is 0 Å². The smallest absolute Gasteiger partial charge is 0.229 e. The minimum Gasteiger partial charge on any atom is -0.325 e. The summed E-state index contributed by atoms with van der Waals surface area (Å²) in [7, 11) is 0. The second-order valence-electron chi connectivity index (χ2n) is 5.51. The molecule has 2 nitrogen and oxygen atoms in total. The van der Waals surface area contributed by atoms with Gasteiger partial charge in [-0.15, -0.1) is 0 Å². The van der Waals surface area contributed by atoms with Crippen LogP contribution < -0.4 is 5.32 Å². The van der Waals surface area contributed by atoms with E-state index in [4.69, 9.17) is 11.6 Å². The van der Waals surface area contributed by atoms with Crippen molar-refractivity contribution in [3.63, 3.8) is 0 Å². The number of aryl methyl sites for hydroxylation is 1. The van der Waals surface area contributed by atoms with E-state index in [9.17, 15) is 4.79 Å². The maximum Gasteiger partial charge on any atom is 0.229 e. The molecular weight excluding hydrogens is 234 g/mol. The average Bonchev–Trinajstić information content (AvgIpc) is 2.21. The molecule has 1 aromatic rings. The lowest BCUT2D eigenvalue weighted by atomic mass is 9.95. The lowest BCUT2D eigenvalue weighted by Crippen LogP contribution is -2.28. The molecule has 0 bridgehead atoms. The van der Waals surface area contributed by atoms with E-state index >= 15 is 0 Å². The zero-order valence-electron chi connectivity index (χ0n) is 11.4. The van der Waals surface area contributed by atoms with Gasteiger partial charge in [-0.1, -0.05) is 32.4 Å². The molecule has 1 rings (SSSR count). The van der Waals surface area contributed by atoms with Gasteiger partial charge in [0, 0.05) is 16.1 Å². The highest BCUT2D eigenvalue weighted by molar-refractivity contribution is 6.32. The molecular formula is C14H20ClNO. The molecule has 0 saturated carbocycles. The van der Waals surface area contributed by atoms with Gasteiger partial charge in [0.1, 0.15) is 0 Å². The van der Waals surface area contributed by atoms with Crippen LogP contribution in [0, 0.1) is 26.2 Å². The van der Waals surface area contributed by atoms with Crippen LogP contribution >= 0.6 is 11.6 Å². The van der Waals surface area contributed by atoms with Crippen molar-refractivity contribution in [2.45, 2.75) is 41.5 Å². The van der Waals surface area contributed by atoms with Crippen molar-refractivity contribution in [1.29, 1.82) is 0 Å². The van der Waals surface area contributed by atoms with E-state index in [1.54, 1.807) is 0 Å². The maximum absolute atomic E-state index is 11.9. The molecule has 3 heteroatoms. The van der Waals surface area contributed by atoms with E-state index in [0.717, 1.165) is 27.4 Å². The number of amides is 1. The topological polar surface area (TPSA) is 29.1 Å². The van der Waals surface area contributed by atoms with Crippen LogP contribution in [0.15, 0.2) is 6.07 Å². The Morgan fingerprint density at radius 3 is 2.18 bits per heavy atom. The fourth-order valence-corrected chi connectivity index (χ4v) is 1.69. The molecule has 0 aromatic heterocycles. The van der Waals surface area contributed by atoms with Gasteiger partial charge in [-0.2, -0.15) is 0 Å². The van der Waals surface area contributed by atoms with E-state index in [2.05, 4.69) is 5.32 Å². The first-order valence-electron chi connectivity index (χ1n) is 5.72. The van der Waals surface area contributed by atoms with Gasteiger partial charge >= 0.3 is 0 Å². The van der Waals surface area contributed by atoms with E-state index in [0.29, 0.717) is 0 Å². The van der Waals surface area contributed by atoms with Crippen LogP contribution in [0.25, 0.3) is 0 Å². The predicted molar refractivity (Wildman–Crippen MR) is 73.7 cm³/mol. The van der Waals surface area contributed by atoms with Crippen LogP contribution in [-0.4, -0.2) is 5.91 Å². The Labute approximate surface area is 108 Å². The Bertz CT molecular complexity index is 458. The van der Waals surface area contributed by atoms with Crippen LogP contribution in [0.4, 0.5) is 5.69 Å². The average molecular weight is 254 g/mol. The molecule has 0 aliphatic heterocycles. The highest BCUT2D eigenvalue weighted by Crippen LogP contribution is 2.30. The summed E-state index contributed by atoms with van der Waals surface area (Å²) in [4.78, 5) is 11.9.